The van der Waals surface area contributed by atoms with Crippen LogP contribution in [0.15, 0.2) is 71.9 Å². The maximum absolute atomic E-state index is 11.9. The molecule has 0 amide bonds. The fourth-order valence-corrected chi connectivity index (χ4v) is 2.70. The van der Waals surface area contributed by atoms with Crippen LogP contribution in [0, 0.1) is 0 Å². The summed E-state index contributed by atoms with van der Waals surface area (Å²) in [5.41, 5.74) is 3.88. The smallest absolute Gasteiger partial charge is 0.189 e. The van der Waals surface area contributed by atoms with Gasteiger partial charge in [0.15, 0.2) is 5.43 Å². The average molecular weight is 287 g/mol. The second-order valence-corrected chi connectivity index (χ2v) is 5.20. The van der Waals surface area contributed by atoms with Gasteiger partial charge in [0.2, 0.25) is 0 Å². The van der Waals surface area contributed by atoms with Gasteiger partial charge in [-0.15, -0.1) is 0 Å². The van der Waals surface area contributed by atoms with E-state index in [9.17, 15) is 4.79 Å². The SMILES string of the molecule is O=c1ccn(Cc2ccc3nccnc3c2)c2ccccc12. The van der Waals surface area contributed by atoms with Crippen LogP contribution in [-0.4, -0.2) is 14.5 Å². The van der Waals surface area contributed by atoms with Gasteiger partial charge in [0.25, 0.3) is 0 Å². The Morgan fingerprint density at radius 3 is 2.64 bits per heavy atom. The van der Waals surface area contributed by atoms with E-state index in [4.69, 9.17) is 0 Å². The second-order valence-electron chi connectivity index (χ2n) is 5.20. The van der Waals surface area contributed by atoms with Gasteiger partial charge in [0.05, 0.1) is 16.6 Å². The highest BCUT2D eigenvalue weighted by Crippen LogP contribution is 2.15. The molecule has 4 nitrogen and oxygen atoms in total. The van der Waals surface area contributed by atoms with Crippen molar-refractivity contribution in [3.05, 3.63) is 82.9 Å². The molecule has 0 spiro atoms. The first-order chi connectivity index (χ1) is 10.8. The van der Waals surface area contributed by atoms with Crippen LogP contribution in [0.25, 0.3) is 21.9 Å². The van der Waals surface area contributed by atoms with E-state index in [1.807, 2.05) is 48.7 Å². The number of rotatable bonds is 2. The third kappa shape index (κ3) is 2.15. The highest BCUT2D eigenvalue weighted by atomic mass is 16.1. The van der Waals surface area contributed by atoms with Gasteiger partial charge in [-0.05, 0) is 29.8 Å². The molecule has 0 saturated carbocycles. The molecule has 2 aromatic heterocycles. The topological polar surface area (TPSA) is 47.8 Å². The molecule has 4 rings (SSSR count). The average Bonchev–Trinajstić information content (AvgIpc) is 2.58. The van der Waals surface area contributed by atoms with Crippen molar-refractivity contribution >= 4 is 21.9 Å². The lowest BCUT2D eigenvalue weighted by molar-refractivity contribution is 0.826. The van der Waals surface area contributed by atoms with Crippen molar-refractivity contribution in [3.8, 4) is 0 Å². The first-order valence-corrected chi connectivity index (χ1v) is 7.09. The molecule has 0 fully saturated rings. The van der Waals surface area contributed by atoms with Gasteiger partial charge in [-0.2, -0.15) is 0 Å². The monoisotopic (exact) mass is 287 g/mol. The van der Waals surface area contributed by atoms with Gasteiger partial charge in [-0.1, -0.05) is 18.2 Å². The highest BCUT2D eigenvalue weighted by Gasteiger charge is 2.04. The number of hydrogen-bond acceptors (Lipinski definition) is 3. The molecule has 0 aliphatic carbocycles. The Morgan fingerprint density at radius 1 is 0.909 bits per heavy atom. The van der Waals surface area contributed by atoms with E-state index in [0.29, 0.717) is 6.54 Å². The van der Waals surface area contributed by atoms with Crippen molar-refractivity contribution in [3.63, 3.8) is 0 Å². The molecule has 0 aliphatic rings. The summed E-state index contributed by atoms with van der Waals surface area (Å²) in [6.45, 7) is 0.688. The standard InChI is InChI=1S/C18H13N3O/c22-18-7-10-21(17-4-2-1-3-14(17)18)12-13-5-6-15-16(11-13)20-9-8-19-15/h1-11H,12H2. The lowest BCUT2D eigenvalue weighted by atomic mass is 10.1. The molecule has 0 radical (unpaired) electrons. The van der Waals surface area contributed by atoms with Crippen LogP contribution in [0.3, 0.4) is 0 Å². The molecule has 2 aromatic carbocycles. The molecule has 0 aliphatic heterocycles. The molecule has 0 unspecified atom stereocenters. The number of para-hydroxylation sites is 1. The molecule has 106 valence electrons. The van der Waals surface area contributed by atoms with E-state index in [-0.39, 0.29) is 5.43 Å². The summed E-state index contributed by atoms with van der Waals surface area (Å²) in [6.07, 6.45) is 5.23. The Hall–Kier alpha value is -3.01. The molecule has 2 heterocycles. The van der Waals surface area contributed by atoms with Gasteiger partial charge >= 0.3 is 0 Å². The molecule has 4 aromatic rings. The fraction of sp³-hybridized carbons (Fsp3) is 0.0556. The van der Waals surface area contributed by atoms with E-state index in [0.717, 1.165) is 27.5 Å². The third-order valence-corrected chi connectivity index (χ3v) is 3.77. The minimum absolute atomic E-state index is 0.0521. The zero-order chi connectivity index (χ0) is 14.9. The fourth-order valence-electron chi connectivity index (χ4n) is 2.70. The molecule has 0 atom stereocenters. The van der Waals surface area contributed by atoms with Crippen molar-refractivity contribution in [1.82, 2.24) is 14.5 Å². The lowest BCUT2D eigenvalue weighted by Gasteiger charge is -2.11. The number of pyridine rings is 1. The van der Waals surface area contributed by atoms with Crippen LogP contribution in [0.4, 0.5) is 0 Å². The summed E-state index contributed by atoms with van der Waals surface area (Å²) in [5, 5.41) is 0.741. The zero-order valence-corrected chi connectivity index (χ0v) is 11.8. The van der Waals surface area contributed by atoms with Crippen LogP contribution in [0.1, 0.15) is 5.56 Å². The van der Waals surface area contributed by atoms with Crippen molar-refractivity contribution in [2.75, 3.05) is 0 Å². The Kier molecular flexibility index (Phi) is 2.93. The molecule has 0 N–H and O–H groups in total. The summed E-state index contributed by atoms with van der Waals surface area (Å²) in [5.74, 6) is 0. The molecule has 22 heavy (non-hydrogen) atoms. The number of aromatic nitrogens is 3. The van der Waals surface area contributed by atoms with Crippen LogP contribution < -0.4 is 5.43 Å². The first kappa shape index (κ1) is 12.7. The summed E-state index contributed by atoms with van der Waals surface area (Å²) in [7, 11) is 0. The Morgan fingerprint density at radius 2 is 1.73 bits per heavy atom. The Bertz CT molecular complexity index is 1040. The number of fused-ring (bicyclic) bond motifs is 2. The van der Waals surface area contributed by atoms with Crippen LogP contribution in [0.2, 0.25) is 0 Å². The van der Waals surface area contributed by atoms with Gasteiger partial charge in [-0.25, -0.2) is 0 Å². The second kappa shape index (κ2) is 5.07. The largest absolute Gasteiger partial charge is 0.343 e. The first-order valence-electron chi connectivity index (χ1n) is 7.09. The highest BCUT2D eigenvalue weighted by molar-refractivity contribution is 5.79. The van der Waals surface area contributed by atoms with Crippen molar-refractivity contribution in [1.29, 1.82) is 0 Å². The minimum Gasteiger partial charge on any atom is -0.343 e. The Balaban J connectivity index is 1.82. The number of benzene rings is 2. The van der Waals surface area contributed by atoms with Crippen molar-refractivity contribution < 1.29 is 0 Å². The maximum atomic E-state index is 11.9. The van der Waals surface area contributed by atoms with Crippen LogP contribution >= 0.6 is 0 Å². The molecular weight excluding hydrogens is 274 g/mol. The summed E-state index contributed by atoms with van der Waals surface area (Å²) < 4.78 is 2.08. The van der Waals surface area contributed by atoms with Gasteiger partial charge in [-0.3, -0.25) is 14.8 Å². The Labute approximate surface area is 126 Å². The number of hydrogen-bond donors (Lipinski definition) is 0. The maximum Gasteiger partial charge on any atom is 0.189 e. The normalized spacial score (nSPS) is 11.1. The minimum atomic E-state index is 0.0521. The predicted octanol–water partition coefficient (Wildman–Crippen LogP) is 2.99. The van der Waals surface area contributed by atoms with E-state index in [1.165, 1.54) is 0 Å². The van der Waals surface area contributed by atoms with Crippen LogP contribution in [-0.2, 0) is 6.54 Å². The lowest BCUT2D eigenvalue weighted by Crippen LogP contribution is -2.08. The van der Waals surface area contributed by atoms with E-state index in [2.05, 4.69) is 14.5 Å². The predicted molar refractivity (Wildman–Crippen MR) is 86.8 cm³/mol. The number of nitrogens with zero attached hydrogens (tertiary/aromatic N) is 3. The van der Waals surface area contributed by atoms with Crippen molar-refractivity contribution in [2.24, 2.45) is 0 Å². The quantitative estimate of drug-likeness (QED) is 0.569. The molecular formula is C18H13N3O. The summed E-state index contributed by atoms with van der Waals surface area (Å²) in [6, 6.07) is 15.3. The molecule has 0 bridgehead atoms. The molecule has 4 heteroatoms. The van der Waals surface area contributed by atoms with Gasteiger partial charge in [0, 0.05) is 36.6 Å². The van der Waals surface area contributed by atoms with Crippen LogP contribution in [0.5, 0.6) is 0 Å². The summed E-state index contributed by atoms with van der Waals surface area (Å²) >= 11 is 0. The van der Waals surface area contributed by atoms with E-state index in [1.54, 1.807) is 18.5 Å². The third-order valence-electron chi connectivity index (χ3n) is 3.77. The van der Waals surface area contributed by atoms with Gasteiger partial charge in [0.1, 0.15) is 0 Å². The van der Waals surface area contributed by atoms with E-state index >= 15 is 0 Å². The zero-order valence-electron chi connectivity index (χ0n) is 11.8. The summed E-state index contributed by atoms with van der Waals surface area (Å²) in [4.78, 5) is 20.5. The van der Waals surface area contributed by atoms with Crippen molar-refractivity contribution in [2.45, 2.75) is 6.54 Å². The molecule has 0 saturated heterocycles. The van der Waals surface area contributed by atoms with E-state index < -0.39 is 0 Å². The van der Waals surface area contributed by atoms with Gasteiger partial charge < -0.3 is 4.57 Å².